The van der Waals surface area contributed by atoms with Crippen LogP contribution in [0.1, 0.15) is 47.7 Å². The summed E-state index contributed by atoms with van der Waals surface area (Å²) in [7, 11) is 0. The van der Waals surface area contributed by atoms with Crippen LogP contribution in [0.2, 0.25) is 0 Å². The molecule has 8 heteroatoms. The Hall–Kier alpha value is -3.51. The fraction of sp³-hybridized carbons (Fsp3) is 0.400. The summed E-state index contributed by atoms with van der Waals surface area (Å²) < 4.78 is 18.4. The quantitative estimate of drug-likeness (QED) is 0.297. The maximum atomic E-state index is 12.6. The lowest BCUT2D eigenvalue weighted by atomic mass is 9.94. The van der Waals surface area contributed by atoms with Crippen LogP contribution in [0.5, 0.6) is 5.75 Å². The fourth-order valence-electron chi connectivity index (χ4n) is 4.83. The molecular formula is C30H35FN4O3. The molecule has 3 N–H and O–H groups in total. The molecule has 200 valence electrons. The molecular weight excluding hydrogens is 483 g/mol. The minimum atomic E-state index is -0.588. The number of halogens is 1. The van der Waals surface area contributed by atoms with Gasteiger partial charge in [0, 0.05) is 49.8 Å². The first-order chi connectivity index (χ1) is 18.4. The number of aromatic amines is 1. The van der Waals surface area contributed by atoms with Gasteiger partial charge in [0.05, 0.1) is 24.2 Å². The van der Waals surface area contributed by atoms with Crippen molar-refractivity contribution in [1.29, 1.82) is 0 Å². The van der Waals surface area contributed by atoms with E-state index in [0.717, 1.165) is 36.3 Å². The first-order valence-corrected chi connectivity index (χ1v) is 13.0. The van der Waals surface area contributed by atoms with Crippen LogP contribution >= 0.6 is 0 Å². The molecule has 0 saturated carbocycles. The summed E-state index contributed by atoms with van der Waals surface area (Å²) in [4.78, 5) is 20.8. The number of ether oxygens (including phenoxy) is 1. The van der Waals surface area contributed by atoms with Crippen LogP contribution in [0.15, 0.2) is 59.7 Å². The van der Waals surface area contributed by atoms with Gasteiger partial charge in [-0.1, -0.05) is 36.1 Å². The number of rotatable bonds is 9. The van der Waals surface area contributed by atoms with Crippen molar-refractivity contribution in [3.63, 3.8) is 0 Å². The SMILES string of the molecule is C[C@H]1CN(Cc2ccc(C#Cc3ccc(CC(CNCCF)c4nc[nH]c(=O)c4O)cc3)cc2)C[C@H](C)O1. The largest absolute Gasteiger partial charge is 0.502 e. The van der Waals surface area contributed by atoms with E-state index in [0.29, 0.717) is 18.7 Å². The third-order valence-corrected chi connectivity index (χ3v) is 6.55. The van der Waals surface area contributed by atoms with Crippen molar-refractivity contribution >= 4 is 0 Å². The summed E-state index contributed by atoms with van der Waals surface area (Å²) in [6, 6.07) is 16.2. The number of H-pyrrole nitrogens is 1. The number of alkyl halides is 1. The maximum absolute atomic E-state index is 12.6. The summed E-state index contributed by atoms with van der Waals surface area (Å²) in [5.74, 6) is 5.76. The predicted octanol–water partition coefficient (Wildman–Crippen LogP) is 3.37. The molecule has 1 fully saturated rings. The summed E-state index contributed by atoms with van der Waals surface area (Å²) in [5, 5.41) is 13.2. The highest BCUT2D eigenvalue weighted by Crippen LogP contribution is 2.24. The van der Waals surface area contributed by atoms with Gasteiger partial charge in [-0.25, -0.2) is 9.37 Å². The van der Waals surface area contributed by atoms with E-state index in [2.05, 4.69) is 70.1 Å². The van der Waals surface area contributed by atoms with Gasteiger partial charge in [-0.15, -0.1) is 0 Å². The highest BCUT2D eigenvalue weighted by atomic mass is 19.1. The Kier molecular flexibility index (Phi) is 9.66. The highest BCUT2D eigenvalue weighted by Gasteiger charge is 2.22. The summed E-state index contributed by atoms with van der Waals surface area (Å²) >= 11 is 0. The molecule has 0 spiro atoms. The van der Waals surface area contributed by atoms with Crippen molar-refractivity contribution in [3.05, 3.63) is 93.2 Å². The predicted molar refractivity (Wildman–Crippen MR) is 146 cm³/mol. The van der Waals surface area contributed by atoms with E-state index in [1.54, 1.807) is 0 Å². The monoisotopic (exact) mass is 518 g/mol. The smallest absolute Gasteiger partial charge is 0.293 e. The van der Waals surface area contributed by atoms with Crippen LogP contribution in [0.3, 0.4) is 0 Å². The Morgan fingerprint density at radius 3 is 2.29 bits per heavy atom. The van der Waals surface area contributed by atoms with Gasteiger partial charge in [-0.2, -0.15) is 0 Å². The van der Waals surface area contributed by atoms with E-state index >= 15 is 0 Å². The van der Waals surface area contributed by atoms with Crippen LogP contribution in [0.25, 0.3) is 0 Å². The Balaban J connectivity index is 1.38. The van der Waals surface area contributed by atoms with Crippen molar-refractivity contribution in [3.8, 4) is 17.6 Å². The van der Waals surface area contributed by atoms with E-state index in [1.807, 2.05) is 24.3 Å². The second-order valence-electron chi connectivity index (χ2n) is 9.85. The van der Waals surface area contributed by atoms with Crippen LogP contribution in [-0.4, -0.2) is 65.0 Å². The normalized spacial score (nSPS) is 18.5. The first-order valence-electron chi connectivity index (χ1n) is 13.0. The van der Waals surface area contributed by atoms with Crippen LogP contribution in [-0.2, 0) is 17.7 Å². The highest BCUT2D eigenvalue weighted by molar-refractivity contribution is 5.44. The molecule has 0 amide bonds. The Labute approximate surface area is 223 Å². The van der Waals surface area contributed by atoms with Gasteiger partial charge in [-0.05, 0) is 55.7 Å². The Morgan fingerprint density at radius 2 is 1.68 bits per heavy atom. The molecule has 7 nitrogen and oxygen atoms in total. The molecule has 0 aliphatic carbocycles. The molecule has 0 radical (unpaired) electrons. The molecule has 2 heterocycles. The second kappa shape index (κ2) is 13.3. The van der Waals surface area contributed by atoms with Gasteiger partial charge < -0.3 is 20.1 Å². The van der Waals surface area contributed by atoms with E-state index in [1.165, 1.54) is 11.9 Å². The molecule has 4 rings (SSSR count). The maximum Gasteiger partial charge on any atom is 0.293 e. The summed E-state index contributed by atoms with van der Waals surface area (Å²) in [5.41, 5.74) is 3.81. The molecule has 3 atom stereocenters. The molecule has 0 bridgehead atoms. The van der Waals surface area contributed by atoms with Crippen molar-refractivity contribution in [1.82, 2.24) is 20.2 Å². The van der Waals surface area contributed by atoms with E-state index in [9.17, 15) is 14.3 Å². The fourth-order valence-corrected chi connectivity index (χ4v) is 4.83. The third kappa shape index (κ3) is 7.75. The Bertz CT molecular complexity index is 1290. The van der Waals surface area contributed by atoms with Crippen LogP contribution < -0.4 is 10.9 Å². The summed E-state index contributed by atoms with van der Waals surface area (Å²) in [6.07, 6.45) is 2.31. The number of aromatic hydroxyl groups is 1. The molecule has 3 aromatic rings. The summed E-state index contributed by atoms with van der Waals surface area (Å²) in [6.45, 7) is 7.11. The van der Waals surface area contributed by atoms with Gasteiger partial charge in [-0.3, -0.25) is 9.69 Å². The lowest BCUT2D eigenvalue weighted by molar-refractivity contribution is -0.0704. The van der Waals surface area contributed by atoms with Gasteiger partial charge in [0.25, 0.3) is 5.56 Å². The molecule has 1 aliphatic heterocycles. The second-order valence-corrected chi connectivity index (χ2v) is 9.85. The van der Waals surface area contributed by atoms with E-state index in [4.69, 9.17) is 4.74 Å². The molecule has 1 saturated heterocycles. The number of nitrogens with zero attached hydrogens (tertiary/aromatic N) is 2. The number of morpholine rings is 1. The standard InChI is InChI=1S/C30H35FN4O3/c1-21-17-35(18-22(2)38-21)19-26-11-7-24(8-12-26)4-3-23-5-9-25(10-6-23)15-27(16-32-14-13-31)28-29(36)30(37)34-20-33-28/h5-12,20-22,27,32,36H,13-19H2,1-2H3,(H,33,34,37)/t21-,22-,27?/m0/s1. The zero-order valence-corrected chi connectivity index (χ0v) is 21.9. The zero-order valence-electron chi connectivity index (χ0n) is 21.9. The average Bonchev–Trinajstić information content (AvgIpc) is 2.90. The minimum absolute atomic E-state index is 0.196. The first kappa shape index (κ1) is 27.5. The van der Waals surface area contributed by atoms with Gasteiger partial charge in [0.15, 0.2) is 0 Å². The van der Waals surface area contributed by atoms with Gasteiger partial charge >= 0.3 is 0 Å². The number of nitrogens with one attached hydrogen (secondary N) is 2. The number of hydrogen-bond acceptors (Lipinski definition) is 6. The zero-order chi connectivity index (χ0) is 26.9. The molecule has 1 unspecified atom stereocenters. The van der Waals surface area contributed by atoms with Crippen LogP contribution in [0, 0.1) is 11.8 Å². The number of benzene rings is 2. The lowest BCUT2D eigenvalue weighted by Crippen LogP contribution is -2.44. The van der Waals surface area contributed by atoms with Crippen molar-refractivity contribution < 1.29 is 14.2 Å². The minimum Gasteiger partial charge on any atom is -0.502 e. The Morgan fingerprint density at radius 1 is 1.08 bits per heavy atom. The van der Waals surface area contributed by atoms with E-state index < -0.39 is 18.0 Å². The lowest BCUT2D eigenvalue weighted by Gasteiger charge is -2.35. The van der Waals surface area contributed by atoms with Crippen molar-refractivity contribution in [2.75, 3.05) is 32.9 Å². The topological polar surface area (TPSA) is 90.5 Å². The average molecular weight is 519 g/mol. The van der Waals surface area contributed by atoms with E-state index in [-0.39, 0.29) is 24.7 Å². The van der Waals surface area contributed by atoms with Crippen LogP contribution in [0.4, 0.5) is 4.39 Å². The van der Waals surface area contributed by atoms with Gasteiger partial charge in [0.2, 0.25) is 5.75 Å². The molecule has 1 aromatic heterocycles. The number of hydrogen-bond donors (Lipinski definition) is 3. The molecule has 2 aromatic carbocycles. The third-order valence-electron chi connectivity index (χ3n) is 6.55. The molecule has 38 heavy (non-hydrogen) atoms. The number of aromatic nitrogens is 2. The van der Waals surface area contributed by atoms with Crippen molar-refractivity contribution in [2.45, 2.75) is 44.9 Å². The van der Waals surface area contributed by atoms with Crippen molar-refractivity contribution in [2.24, 2.45) is 0 Å². The van der Waals surface area contributed by atoms with Gasteiger partial charge in [0.1, 0.15) is 6.67 Å². The molecule has 1 aliphatic rings.